The molecule has 8 nitrogen and oxygen atoms in total. The number of ether oxygens (including phenoxy) is 1. The number of rotatable bonds is 5. The lowest BCUT2D eigenvalue weighted by molar-refractivity contribution is -0.207. The minimum Gasteiger partial charge on any atom is -0.504 e. The molecule has 1 saturated heterocycles. The van der Waals surface area contributed by atoms with Gasteiger partial charge < -0.3 is 24.3 Å². The number of aliphatic hydroxyl groups is 1. The molecular formula is C29H31N3O5. The Morgan fingerprint density at radius 3 is 2.89 bits per heavy atom. The number of nitrogens with zero attached hydrogens (tertiary/aromatic N) is 3. The van der Waals surface area contributed by atoms with Gasteiger partial charge in [-0.25, -0.2) is 0 Å². The van der Waals surface area contributed by atoms with Crippen LogP contribution in [0.15, 0.2) is 41.2 Å². The van der Waals surface area contributed by atoms with Crippen molar-refractivity contribution in [1.29, 1.82) is 5.26 Å². The van der Waals surface area contributed by atoms with E-state index < -0.39 is 17.1 Å². The first-order valence-electron chi connectivity index (χ1n) is 13.2. The lowest BCUT2D eigenvalue weighted by Gasteiger charge is -2.65. The average Bonchev–Trinajstić information content (AvgIpc) is 3.41. The van der Waals surface area contributed by atoms with Gasteiger partial charge >= 0.3 is 0 Å². The molecule has 2 saturated carbocycles. The van der Waals surface area contributed by atoms with Crippen molar-refractivity contribution >= 4 is 12.0 Å². The summed E-state index contributed by atoms with van der Waals surface area (Å²) in [5.74, 6) is 0.869. The summed E-state index contributed by atoms with van der Waals surface area (Å²) in [6.45, 7) is 0.827. The first-order chi connectivity index (χ1) is 17.9. The zero-order valence-electron chi connectivity index (χ0n) is 20.8. The fourth-order valence-corrected chi connectivity index (χ4v) is 7.83. The fraction of sp³-hybridized carbons (Fsp3) is 0.517. The van der Waals surface area contributed by atoms with Crippen LogP contribution in [0, 0.1) is 17.2 Å². The maximum absolute atomic E-state index is 13.3. The van der Waals surface area contributed by atoms with Gasteiger partial charge in [0.05, 0.1) is 41.7 Å². The van der Waals surface area contributed by atoms with E-state index in [4.69, 9.17) is 9.15 Å². The summed E-state index contributed by atoms with van der Waals surface area (Å²) in [7, 11) is 1.77. The summed E-state index contributed by atoms with van der Waals surface area (Å²) in [6.07, 6.45) is 10.3. The number of hydrogen-bond acceptors (Lipinski definition) is 7. The third-order valence-corrected chi connectivity index (χ3v) is 9.75. The number of benzene rings is 1. The smallest absolute Gasteiger partial charge is 0.246 e. The van der Waals surface area contributed by atoms with E-state index in [0.717, 1.165) is 23.2 Å². The lowest BCUT2D eigenvalue weighted by Crippen LogP contribution is -2.79. The van der Waals surface area contributed by atoms with E-state index in [1.54, 1.807) is 42.7 Å². The quantitative estimate of drug-likeness (QED) is 0.606. The topological polar surface area (TPSA) is 110 Å². The summed E-state index contributed by atoms with van der Waals surface area (Å²) in [6, 6.07) is 7.06. The van der Waals surface area contributed by atoms with Crippen LogP contribution in [0.5, 0.6) is 11.5 Å². The van der Waals surface area contributed by atoms with E-state index in [1.807, 2.05) is 6.07 Å². The highest BCUT2D eigenvalue weighted by atomic mass is 16.5. The molecule has 1 amide bonds. The Morgan fingerprint density at radius 1 is 1.32 bits per heavy atom. The minimum atomic E-state index is -1.11. The van der Waals surface area contributed by atoms with Crippen LogP contribution in [0.25, 0.3) is 6.08 Å². The molecular weight excluding hydrogens is 470 g/mol. The Bertz CT molecular complexity index is 1330. The van der Waals surface area contributed by atoms with Gasteiger partial charge in [-0.05, 0) is 68.2 Å². The number of piperidine rings is 1. The minimum absolute atomic E-state index is 0.0461. The molecule has 2 aliphatic heterocycles. The van der Waals surface area contributed by atoms with Crippen LogP contribution in [0.4, 0.5) is 0 Å². The largest absolute Gasteiger partial charge is 0.504 e. The SMILES string of the molecule is CN(C(=O)/C=C/c1ccoc1)[C@H]1CC[C@@]2(O)[C@H]3Cc4ccc(O)c5c4[C@@]2(CC(C#N)N3CC2CC2)[C@H]1O5. The van der Waals surface area contributed by atoms with Crippen LogP contribution in [0.2, 0.25) is 0 Å². The Morgan fingerprint density at radius 2 is 2.16 bits per heavy atom. The number of likely N-dealkylation sites (tertiary alicyclic amines) is 1. The summed E-state index contributed by atoms with van der Waals surface area (Å²) < 4.78 is 11.7. The molecule has 2 aromatic rings. The summed E-state index contributed by atoms with van der Waals surface area (Å²) in [5.41, 5.74) is 0.732. The second kappa shape index (κ2) is 7.86. The number of amides is 1. The predicted molar refractivity (Wildman–Crippen MR) is 134 cm³/mol. The number of hydrogen-bond donors (Lipinski definition) is 2. The zero-order chi connectivity index (χ0) is 25.5. The van der Waals surface area contributed by atoms with E-state index in [2.05, 4.69) is 11.0 Å². The van der Waals surface area contributed by atoms with Gasteiger partial charge in [0.2, 0.25) is 5.91 Å². The van der Waals surface area contributed by atoms with Gasteiger partial charge in [-0.2, -0.15) is 5.26 Å². The monoisotopic (exact) mass is 501 g/mol. The van der Waals surface area contributed by atoms with Crippen molar-refractivity contribution < 1.29 is 24.2 Å². The molecule has 192 valence electrons. The van der Waals surface area contributed by atoms with Gasteiger partial charge in [-0.1, -0.05) is 6.07 Å². The van der Waals surface area contributed by atoms with Crippen LogP contribution in [-0.2, 0) is 16.6 Å². The molecule has 0 radical (unpaired) electrons. The van der Waals surface area contributed by atoms with Crippen LogP contribution in [-0.4, -0.2) is 69.3 Å². The Kier molecular flexibility index (Phi) is 4.86. The highest BCUT2D eigenvalue weighted by molar-refractivity contribution is 5.92. The van der Waals surface area contributed by atoms with Gasteiger partial charge in [0.15, 0.2) is 11.5 Å². The number of likely N-dealkylation sites (N-methyl/N-ethyl adjacent to an activating group) is 1. The molecule has 1 spiro atoms. The predicted octanol–water partition coefficient (Wildman–Crippen LogP) is 2.98. The van der Waals surface area contributed by atoms with Crippen LogP contribution in [0.3, 0.4) is 0 Å². The molecule has 3 heterocycles. The Labute approximate surface area is 215 Å². The molecule has 37 heavy (non-hydrogen) atoms. The molecule has 5 aliphatic rings. The zero-order valence-corrected chi connectivity index (χ0v) is 20.8. The number of carbonyl (C=O) groups excluding carboxylic acids is 1. The number of carbonyl (C=O) groups is 1. The average molecular weight is 502 g/mol. The number of nitriles is 1. The highest BCUT2D eigenvalue weighted by Crippen LogP contribution is 2.66. The summed E-state index contributed by atoms with van der Waals surface area (Å²) in [4.78, 5) is 17.2. The number of phenols is 1. The third-order valence-electron chi connectivity index (χ3n) is 9.75. The number of furan rings is 1. The lowest BCUT2D eigenvalue weighted by atomic mass is 9.47. The van der Waals surface area contributed by atoms with Crippen LogP contribution >= 0.6 is 0 Å². The van der Waals surface area contributed by atoms with Crippen molar-refractivity contribution in [2.45, 2.75) is 73.8 Å². The van der Waals surface area contributed by atoms with Crippen molar-refractivity contribution in [1.82, 2.24) is 9.80 Å². The van der Waals surface area contributed by atoms with Crippen molar-refractivity contribution in [3.63, 3.8) is 0 Å². The Hall–Kier alpha value is -3.28. The van der Waals surface area contributed by atoms with E-state index in [1.165, 1.54) is 18.9 Å². The molecule has 1 aromatic carbocycles. The second-order valence-electron chi connectivity index (χ2n) is 11.5. The molecule has 6 atom stereocenters. The first-order valence-corrected chi connectivity index (χ1v) is 13.2. The van der Waals surface area contributed by atoms with Gasteiger partial charge in [0, 0.05) is 36.8 Å². The maximum atomic E-state index is 13.3. The van der Waals surface area contributed by atoms with Gasteiger partial charge in [-0.15, -0.1) is 0 Å². The van der Waals surface area contributed by atoms with E-state index >= 15 is 0 Å². The second-order valence-corrected chi connectivity index (χ2v) is 11.5. The van der Waals surface area contributed by atoms with E-state index in [9.17, 15) is 20.3 Å². The molecule has 1 aromatic heterocycles. The van der Waals surface area contributed by atoms with Crippen LogP contribution < -0.4 is 4.74 Å². The normalized spacial score (nSPS) is 35.6. The van der Waals surface area contributed by atoms with Crippen LogP contribution in [0.1, 0.15) is 48.8 Å². The molecule has 3 aliphatic carbocycles. The van der Waals surface area contributed by atoms with Gasteiger partial charge in [0.1, 0.15) is 6.10 Å². The van der Waals surface area contributed by atoms with Crippen molar-refractivity contribution in [2.75, 3.05) is 13.6 Å². The number of phenolic OH excluding ortho intramolecular Hbond substituents is 1. The van der Waals surface area contributed by atoms with Crippen molar-refractivity contribution in [3.8, 4) is 17.6 Å². The summed E-state index contributed by atoms with van der Waals surface area (Å²) >= 11 is 0. The Balaban J connectivity index is 1.32. The molecule has 8 heteroatoms. The number of aromatic hydroxyl groups is 1. The molecule has 7 rings (SSSR count). The van der Waals surface area contributed by atoms with E-state index in [0.29, 0.717) is 37.4 Å². The maximum Gasteiger partial charge on any atom is 0.246 e. The third kappa shape index (κ3) is 3.04. The standard InChI is InChI=1S/C29H31N3O5/c1-31(24(34)7-4-18-9-11-36-16-18)21-8-10-29(35)23-12-19-5-6-22(33)26-25(19)28(29,27(21)37-26)13-20(14-30)32(23)15-17-2-3-17/h4-7,9,11,16-17,20-21,23,27,33,35H,2-3,8,10,12-13,15H2,1H3/b7-4+/t20?,21-,23+,27-,28-,29+/m0/s1. The van der Waals surface area contributed by atoms with Gasteiger partial charge in [-0.3, -0.25) is 9.69 Å². The van der Waals surface area contributed by atoms with E-state index in [-0.39, 0.29) is 29.8 Å². The first kappa shape index (κ1) is 22.9. The molecule has 1 unspecified atom stereocenters. The summed E-state index contributed by atoms with van der Waals surface area (Å²) in [5, 5.41) is 33.8. The fourth-order valence-electron chi connectivity index (χ4n) is 7.83. The molecule has 3 fully saturated rings. The van der Waals surface area contributed by atoms with Gasteiger partial charge in [0.25, 0.3) is 0 Å². The highest BCUT2D eigenvalue weighted by Gasteiger charge is 2.75. The van der Waals surface area contributed by atoms with Crippen molar-refractivity contribution in [3.05, 3.63) is 53.5 Å². The molecule has 2 N–H and O–H groups in total. The van der Waals surface area contributed by atoms with Crippen molar-refractivity contribution in [2.24, 2.45) is 5.92 Å². The molecule has 2 bridgehead atoms.